The zero-order valence-electron chi connectivity index (χ0n) is 9.22. The van der Waals surface area contributed by atoms with Crippen LogP contribution in [-0.2, 0) is 16.2 Å². The summed E-state index contributed by atoms with van der Waals surface area (Å²) in [7, 11) is 0. The van der Waals surface area contributed by atoms with Gasteiger partial charge in [-0.1, -0.05) is 12.1 Å². The zero-order valence-corrected chi connectivity index (χ0v) is 9.22. The number of nitrogens with two attached hydrogens (primary N) is 1. The van der Waals surface area contributed by atoms with E-state index in [1.54, 1.807) is 6.20 Å². The molecule has 1 aromatic heterocycles. The van der Waals surface area contributed by atoms with Crippen LogP contribution in [0.25, 0.3) is 10.8 Å². The lowest BCUT2D eigenvalue weighted by Crippen LogP contribution is -2.24. The highest BCUT2D eigenvalue weighted by atomic mass is 16.6. The topological polar surface area (TPSA) is 77.2 Å². The van der Waals surface area contributed by atoms with Gasteiger partial charge < -0.3 is 5.73 Å². The van der Waals surface area contributed by atoms with Gasteiger partial charge in [-0.25, -0.2) is 0 Å². The van der Waals surface area contributed by atoms with Crippen molar-refractivity contribution in [2.24, 2.45) is 5.73 Å². The van der Waals surface area contributed by atoms with Crippen molar-refractivity contribution in [3.8, 4) is 0 Å². The number of fused-ring (bicyclic) bond motifs is 1. The fourth-order valence-electron chi connectivity index (χ4n) is 1.50. The van der Waals surface area contributed by atoms with Gasteiger partial charge in [-0.05, 0) is 23.1 Å². The van der Waals surface area contributed by atoms with E-state index < -0.39 is 5.91 Å². The van der Waals surface area contributed by atoms with Crippen LogP contribution < -0.4 is 11.2 Å². The van der Waals surface area contributed by atoms with Crippen LogP contribution in [0.2, 0.25) is 0 Å². The van der Waals surface area contributed by atoms with Crippen LogP contribution in [0, 0.1) is 0 Å². The van der Waals surface area contributed by atoms with E-state index in [0.29, 0.717) is 6.54 Å². The molecule has 17 heavy (non-hydrogen) atoms. The Morgan fingerprint density at radius 2 is 2.24 bits per heavy atom. The molecule has 0 fully saturated rings. The maximum Gasteiger partial charge on any atom is 0.245 e. The molecule has 0 bridgehead atoms. The largest absolute Gasteiger partial charge is 0.368 e. The molecular formula is C12H13N3O2. The Labute approximate surface area is 98.5 Å². The Morgan fingerprint density at radius 1 is 1.35 bits per heavy atom. The first-order valence-corrected chi connectivity index (χ1v) is 5.21. The highest BCUT2D eigenvalue weighted by molar-refractivity contribution is 5.81. The summed E-state index contributed by atoms with van der Waals surface area (Å²) >= 11 is 0. The van der Waals surface area contributed by atoms with Gasteiger partial charge in [-0.3, -0.25) is 14.6 Å². The van der Waals surface area contributed by atoms with E-state index in [9.17, 15) is 4.79 Å². The molecule has 0 atom stereocenters. The van der Waals surface area contributed by atoms with Gasteiger partial charge in [0.25, 0.3) is 0 Å². The molecule has 0 saturated heterocycles. The fourth-order valence-corrected chi connectivity index (χ4v) is 1.50. The molecule has 0 radical (unpaired) electrons. The van der Waals surface area contributed by atoms with Gasteiger partial charge >= 0.3 is 0 Å². The van der Waals surface area contributed by atoms with E-state index in [4.69, 9.17) is 10.6 Å². The lowest BCUT2D eigenvalue weighted by molar-refractivity contribution is -0.125. The van der Waals surface area contributed by atoms with Crippen LogP contribution in [0.4, 0.5) is 0 Å². The predicted molar refractivity (Wildman–Crippen MR) is 63.7 cm³/mol. The Morgan fingerprint density at radius 3 is 3.06 bits per heavy atom. The summed E-state index contributed by atoms with van der Waals surface area (Å²) in [5.74, 6) is -0.498. The molecular weight excluding hydrogens is 218 g/mol. The van der Waals surface area contributed by atoms with Gasteiger partial charge in [-0.15, -0.1) is 0 Å². The summed E-state index contributed by atoms with van der Waals surface area (Å²) in [6.45, 7) is 0.392. The third kappa shape index (κ3) is 3.24. The number of amides is 1. The number of hydrogen-bond donors (Lipinski definition) is 2. The van der Waals surface area contributed by atoms with E-state index in [1.807, 2.05) is 30.5 Å². The molecule has 2 aromatic rings. The lowest BCUT2D eigenvalue weighted by Gasteiger charge is -2.05. The van der Waals surface area contributed by atoms with Crippen molar-refractivity contribution in [3.63, 3.8) is 0 Å². The van der Waals surface area contributed by atoms with E-state index in [1.165, 1.54) is 0 Å². The average Bonchev–Trinajstić information content (AvgIpc) is 2.34. The van der Waals surface area contributed by atoms with Crippen LogP contribution in [-0.4, -0.2) is 17.5 Å². The second-order valence-electron chi connectivity index (χ2n) is 3.63. The van der Waals surface area contributed by atoms with E-state index in [-0.39, 0.29) is 6.61 Å². The van der Waals surface area contributed by atoms with Gasteiger partial charge in [0.1, 0.15) is 6.61 Å². The molecule has 2 rings (SSSR count). The first kappa shape index (κ1) is 11.5. The highest BCUT2D eigenvalue weighted by Crippen LogP contribution is 2.14. The molecule has 0 aliphatic carbocycles. The van der Waals surface area contributed by atoms with Gasteiger partial charge in [-0.2, -0.15) is 5.48 Å². The third-order valence-corrected chi connectivity index (χ3v) is 2.30. The Hall–Kier alpha value is -1.98. The summed E-state index contributed by atoms with van der Waals surface area (Å²) < 4.78 is 0. The van der Waals surface area contributed by atoms with Crippen LogP contribution in [0.1, 0.15) is 5.56 Å². The normalized spacial score (nSPS) is 10.6. The number of benzene rings is 1. The summed E-state index contributed by atoms with van der Waals surface area (Å²) in [5, 5.41) is 2.21. The second kappa shape index (κ2) is 5.38. The molecule has 88 valence electrons. The van der Waals surface area contributed by atoms with Crippen LogP contribution in [0.5, 0.6) is 0 Å². The summed E-state index contributed by atoms with van der Waals surface area (Å²) in [6, 6.07) is 7.96. The molecule has 0 saturated carbocycles. The second-order valence-corrected chi connectivity index (χ2v) is 3.63. The number of carbonyl (C=O) groups is 1. The fraction of sp³-hybridized carbons (Fsp3) is 0.167. The molecule has 0 aliphatic heterocycles. The van der Waals surface area contributed by atoms with E-state index >= 15 is 0 Å². The first-order valence-electron chi connectivity index (χ1n) is 5.21. The van der Waals surface area contributed by atoms with Gasteiger partial charge in [0.05, 0.1) is 0 Å². The summed E-state index contributed by atoms with van der Waals surface area (Å²) in [6.07, 6.45) is 3.57. The number of carbonyl (C=O) groups excluding carboxylic acids is 1. The lowest BCUT2D eigenvalue weighted by atomic mass is 10.1. The number of nitrogens with one attached hydrogen (secondary N) is 1. The van der Waals surface area contributed by atoms with Crippen molar-refractivity contribution >= 4 is 16.7 Å². The van der Waals surface area contributed by atoms with Crippen LogP contribution in [0.15, 0.2) is 36.7 Å². The summed E-state index contributed by atoms with van der Waals surface area (Å²) in [5.41, 5.74) is 8.68. The Bertz CT molecular complexity index is 528. The monoisotopic (exact) mass is 231 g/mol. The maximum atomic E-state index is 10.4. The quantitative estimate of drug-likeness (QED) is 0.587. The molecule has 0 spiro atoms. The van der Waals surface area contributed by atoms with Gasteiger partial charge in [0.2, 0.25) is 5.91 Å². The smallest absolute Gasteiger partial charge is 0.245 e. The summed E-state index contributed by atoms with van der Waals surface area (Å²) in [4.78, 5) is 19.4. The van der Waals surface area contributed by atoms with Crippen molar-refractivity contribution in [1.82, 2.24) is 10.5 Å². The van der Waals surface area contributed by atoms with Gasteiger partial charge in [0.15, 0.2) is 0 Å². The van der Waals surface area contributed by atoms with Crippen molar-refractivity contribution in [2.75, 3.05) is 6.61 Å². The molecule has 3 N–H and O–H groups in total. The van der Waals surface area contributed by atoms with Crippen molar-refractivity contribution in [1.29, 1.82) is 0 Å². The predicted octanol–water partition coefficient (Wildman–Crippen LogP) is 0.741. The van der Waals surface area contributed by atoms with E-state index in [0.717, 1.165) is 16.3 Å². The number of primary amides is 1. The number of nitrogens with zero attached hydrogens (tertiary/aromatic N) is 1. The number of pyridine rings is 1. The SMILES string of the molecule is NC(=O)CONCc1ccc2cnccc2c1. The molecule has 5 nitrogen and oxygen atoms in total. The number of hydrogen-bond acceptors (Lipinski definition) is 4. The van der Waals surface area contributed by atoms with Crippen molar-refractivity contribution in [3.05, 3.63) is 42.2 Å². The minimum atomic E-state index is -0.498. The van der Waals surface area contributed by atoms with Crippen LogP contribution >= 0.6 is 0 Å². The molecule has 1 amide bonds. The van der Waals surface area contributed by atoms with Crippen molar-refractivity contribution < 1.29 is 9.63 Å². The molecule has 0 aliphatic rings. The molecule has 0 unspecified atom stereocenters. The van der Waals surface area contributed by atoms with Gasteiger partial charge in [0, 0.05) is 24.3 Å². The van der Waals surface area contributed by atoms with Crippen molar-refractivity contribution in [2.45, 2.75) is 6.54 Å². The zero-order chi connectivity index (χ0) is 12.1. The standard InChI is InChI=1S/C12H13N3O2/c13-12(16)8-17-15-6-9-1-2-11-7-14-4-3-10(11)5-9/h1-5,7,15H,6,8H2,(H2,13,16). The molecule has 1 heterocycles. The molecule has 1 aromatic carbocycles. The average molecular weight is 231 g/mol. The minimum Gasteiger partial charge on any atom is -0.368 e. The molecule has 5 heteroatoms. The maximum absolute atomic E-state index is 10.4. The van der Waals surface area contributed by atoms with Crippen LogP contribution in [0.3, 0.4) is 0 Å². The third-order valence-electron chi connectivity index (χ3n) is 2.30. The number of aromatic nitrogens is 1. The minimum absolute atomic E-state index is 0.127. The Kier molecular flexibility index (Phi) is 3.64. The highest BCUT2D eigenvalue weighted by Gasteiger charge is 1.97. The Balaban J connectivity index is 1.97. The van der Waals surface area contributed by atoms with E-state index in [2.05, 4.69) is 10.5 Å². The first-order chi connectivity index (χ1) is 8.25. The number of rotatable bonds is 5. The number of hydroxylamine groups is 1.